The van der Waals surface area contributed by atoms with Crippen LogP contribution in [0.4, 0.5) is 11.8 Å². The maximum atomic E-state index is 13.7. The molecule has 0 spiro atoms. The summed E-state index contributed by atoms with van der Waals surface area (Å²) in [6.07, 6.45) is 5.11. The van der Waals surface area contributed by atoms with Crippen molar-refractivity contribution in [3.63, 3.8) is 0 Å². The lowest BCUT2D eigenvalue weighted by molar-refractivity contribution is 0.773. The van der Waals surface area contributed by atoms with Gasteiger partial charge in [0.15, 0.2) is 0 Å². The van der Waals surface area contributed by atoms with E-state index in [0.29, 0.717) is 16.2 Å². The summed E-state index contributed by atoms with van der Waals surface area (Å²) in [5.41, 5.74) is 8.82. The van der Waals surface area contributed by atoms with Gasteiger partial charge in [-0.25, -0.2) is 4.98 Å². The summed E-state index contributed by atoms with van der Waals surface area (Å²) in [4.78, 5) is 26.5. The molecule has 0 amide bonds. The molecule has 34 heavy (non-hydrogen) atoms. The zero-order chi connectivity index (χ0) is 23.7. The zero-order valence-electron chi connectivity index (χ0n) is 18.3. The van der Waals surface area contributed by atoms with E-state index in [2.05, 4.69) is 20.3 Å². The van der Waals surface area contributed by atoms with E-state index in [4.69, 9.17) is 17.3 Å². The molecule has 0 fully saturated rings. The highest BCUT2D eigenvalue weighted by molar-refractivity contribution is 6.35. The van der Waals surface area contributed by atoms with Crippen molar-refractivity contribution < 1.29 is 0 Å². The average molecular weight is 469 g/mol. The highest BCUT2D eigenvalue weighted by atomic mass is 35.5. The third-order valence-corrected chi connectivity index (χ3v) is 5.93. The molecule has 3 N–H and O–H groups in total. The number of aromatic nitrogens is 4. The van der Waals surface area contributed by atoms with Crippen LogP contribution in [0.25, 0.3) is 27.6 Å². The van der Waals surface area contributed by atoms with E-state index in [1.54, 1.807) is 29.2 Å². The number of benzene rings is 2. The van der Waals surface area contributed by atoms with Crippen LogP contribution in [-0.4, -0.2) is 19.5 Å². The molecular formula is C26H21ClN6O. The first-order valence-electron chi connectivity index (χ1n) is 10.7. The van der Waals surface area contributed by atoms with E-state index in [-0.39, 0.29) is 17.5 Å². The molecule has 2 aromatic carbocycles. The molecule has 0 saturated carbocycles. The lowest BCUT2D eigenvalue weighted by atomic mass is 10.1. The number of pyridine rings is 2. The topological polar surface area (TPSA) is 98.7 Å². The van der Waals surface area contributed by atoms with Gasteiger partial charge in [-0.15, -0.1) is 0 Å². The normalized spacial score (nSPS) is 11.9. The number of nitrogens with zero attached hydrogens (tertiary/aromatic N) is 4. The molecule has 0 aliphatic heterocycles. The number of fused-ring (bicyclic) bond motifs is 1. The fourth-order valence-electron chi connectivity index (χ4n) is 4.02. The minimum atomic E-state index is -0.319. The van der Waals surface area contributed by atoms with Gasteiger partial charge in [0.1, 0.15) is 5.82 Å². The van der Waals surface area contributed by atoms with E-state index < -0.39 is 0 Å². The zero-order valence-corrected chi connectivity index (χ0v) is 19.1. The highest BCUT2D eigenvalue weighted by Crippen LogP contribution is 2.31. The van der Waals surface area contributed by atoms with Crippen LogP contribution in [0.15, 0.2) is 90.1 Å². The number of anilines is 2. The molecule has 0 saturated heterocycles. The van der Waals surface area contributed by atoms with Gasteiger partial charge < -0.3 is 11.1 Å². The van der Waals surface area contributed by atoms with Crippen molar-refractivity contribution in [2.75, 3.05) is 11.1 Å². The summed E-state index contributed by atoms with van der Waals surface area (Å²) in [5.74, 6) is 0.694. The molecule has 0 aliphatic rings. The molecule has 1 unspecified atom stereocenters. The Morgan fingerprint density at radius 1 is 1.03 bits per heavy atom. The van der Waals surface area contributed by atoms with Crippen molar-refractivity contribution in [1.82, 2.24) is 19.5 Å². The molecule has 1 atom stereocenters. The predicted molar refractivity (Wildman–Crippen MR) is 136 cm³/mol. The van der Waals surface area contributed by atoms with Crippen LogP contribution in [0.3, 0.4) is 0 Å². The van der Waals surface area contributed by atoms with Gasteiger partial charge in [-0.1, -0.05) is 48.0 Å². The first-order chi connectivity index (χ1) is 16.5. The number of para-hydroxylation sites is 1. The van der Waals surface area contributed by atoms with Gasteiger partial charge in [-0.05, 0) is 42.6 Å². The first kappa shape index (κ1) is 21.6. The van der Waals surface area contributed by atoms with Crippen molar-refractivity contribution in [1.29, 1.82) is 0 Å². The molecule has 0 radical (unpaired) electrons. The largest absolute Gasteiger partial charge is 0.368 e. The van der Waals surface area contributed by atoms with Gasteiger partial charge in [0, 0.05) is 41.1 Å². The van der Waals surface area contributed by atoms with Crippen molar-refractivity contribution in [3.8, 4) is 16.8 Å². The Kier molecular flexibility index (Phi) is 5.69. The summed E-state index contributed by atoms with van der Waals surface area (Å²) in [5, 5.41) is 5.09. The second kappa shape index (κ2) is 8.96. The van der Waals surface area contributed by atoms with Gasteiger partial charge in [0.25, 0.3) is 5.56 Å². The monoisotopic (exact) mass is 468 g/mol. The second-order valence-electron chi connectivity index (χ2n) is 7.85. The number of rotatable bonds is 5. The summed E-state index contributed by atoms with van der Waals surface area (Å²) < 4.78 is 1.68. The quantitative estimate of drug-likeness (QED) is 0.365. The van der Waals surface area contributed by atoms with Crippen molar-refractivity contribution in [2.45, 2.75) is 13.0 Å². The molecule has 8 heteroatoms. The SMILES string of the molecule is CC(Nc1nc(N)ncc1-c1cccnc1)c1cc2cccc(Cl)c2c(=O)n1-c1ccccc1. The molecule has 3 aromatic heterocycles. The van der Waals surface area contributed by atoms with E-state index >= 15 is 0 Å². The highest BCUT2D eigenvalue weighted by Gasteiger charge is 2.19. The summed E-state index contributed by atoms with van der Waals surface area (Å²) in [6.45, 7) is 1.97. The lowest BCUT2D eigenvalue weighted by Crippen LogP contribution is -2.26. The van der Waals surface area contributed by atoms with Crippen LogP contribution in [0.2, 0.25) is 5.02 Å². The Labute approximate surface area is 200 Å². The maximum absolute atomic E-state index is 13.7. The standard InChI is InChI=1S/C26H21ClN6O/c1-16(31-24-20(15-30-26(28)32-24)18-8-6-12-29-14-18)22-13-17-7-5-11-21(27)23(17)25(34)33(22)19-9-3-2-4-10-19/h2-16H,1H3,(H3,28,30,31,32). The second-order valence-corrected chi connectivity index (χ2v) is 8.25. The molecule has 3 heterocycles. The van der Waals surface area contributed by atoms with Gasteiger partial charge in [-0.2, -0.15) is 4.98 Å². The molecule has 168 valence electrons. The first-order valence-corrected chi connectivity index (χ1v) is 11.1. The van der Waals surface area contributed by atoms with E-state index in [9.17, 15) is 4.79 Å². The third kappa shape index (κ3) is 3.97. The number of halogens is 1. The molecule has 7 nitrogen and oxygen atoms in total. The fraction of sp³-hybridized carbons (Fsp3) is 0.0769. The Balaban J connectivity index is 1.68. The Morgan fingerprint density at radius 3 is 2.62 bits per heavy atom. The Morgan fingerprint density at radius 2 is 1.85 bits per heavy atom. The molecular weight excluding hydrogens is 448 g/mol. The minimum Gasteiger partial charge on any atom is -0.368 e. The fourth-order valence-corrected chi connectivity index (χ4v) is 4.28. The average Bonchev–Trinajstić information content (AvgIpc) is 2.85. The van der Waals surface area contributed by atoms with Crippen molar-refractivity contribution in [3.05, 3.63) is 106 Å². The van der Waals surface area contributed by atoms with Crippen LogP contribution in [0.1, 0.15) is 18.7 Å². The third-order valence-electron chi connectivity index (χ3n) is 5.62. The van der Waals surface area contributed by atoms with Crippen LogP contribution < -0.4 is 16.6 Å². The van der Waals surface area contributed by atoms with E-state index in [1.807, 2.05) is 67.6 Å². The number of nitrogen functional groups attached to an aromatic ring is 1. The summed E-state index contributed by atoms with van der Waals surface area (Å²) >= 11 is 6.42. The number of nitrogens with one attached hydrogen (secondary N) is 1. The molecule has 0 bridgehead atoms. The summed E-state index contributed by atoms with van der Waals surface area (Å²) in [7, 11) is 0. The Bertz CT molecular complexity index is 1540. The van der Waals surface area contributed by atoms with E-state index in [1.165, 1.54) is 0 Å². The predicted octanol–water partition coefficient (Wildman–Crippen LogP) is 5.25. The van der Waals surface area contributed by atoms with Gasteiger partial charge in [-0.3, -0.25) is 14.3 Å². The maximum Gasteiger partial charge on any atom is 0.264 e. The number of hydrogen-bond acceptors (Lipinski definition) is 6. The Hall–Kier alpha value is -4.23. The molecule has 5 rings (SSSR count). The smallest absolute Gasteiger partial charge is 0.264 e. The lowest BCUT2D eigenvalue weighted by Gasteiger charge is -2.22. The van der Waals surface area contributed by atoms with E-state index in [0.717, 1.165) is 27.9 Å². The molecule has 0 aliphatic carbocycles. The molecule has 5 aromatic rings. The van der Waals surface area contributed by atoms with Crippen LogP contribution in [-0.2, 0) is 0 Å². The van der Waals surface area contributed by atoms with Crippen LogP contribution in [0, 0.1) is 0 Å². The number of nitrogens with two attached hydrogens (primary N) is 1. The van der Waals surface area contributed by atoms with Gasteiger partial charge in [0.05, 0.1) is 16.5 Å². The summed E-state index contributed by atoms with van der Waals surface area (Å²) in [6, 6.07) is 20.4. The minimum absolute atomic E-state index is 0.146. The van der Waals surface area contributed by atoms with Crippen molar-refractivity contribution >= 4 is 34.1 Å². The van der Waals surface area contributed by atoms with Crippen molar-refractivity contribution in [2.24, 2.45) is 0 Å². The van der Waals surface area contributed by atoms with Crippen LogP contribution >= 0.6 is 11.6 Å². The van der Waals surface area contributed by atoms with Gasteiger partial charge in [0.2, 0.25) is 5.95 Å². The van der Waals surface area contributed by atoms with Crippen LogP contribution in [0.5, 0.6) is 0 Å². The van der Waals surface area contributed by atoms with Gasteiger partial charge >= 0.3 is 0 Å². The number of hydrogen-bond donors (Lipinski definition) is 2.